The number of piperidine rings is 1. The molecule has 0 aliphatic carbocycles. The van der Waals surface area contributed by atoms with Crippen molar-refractivity contribution in [3.63, 3.8) is 0 Å². The molecule has 0 unspecified atom stereocenters. The van der Waals surface area contributed by atoms with Gasteiger partial charge in [0.05, 0.1) is 12.2 Å². The smallest absolute Gasteiger partial charge is 0.225 e. The maximum Gasteiger partial charge on any atom is 0.225 e. The molecule has 1 aliphatic heterocycles. The fourth-order valence-corrected chi connectivity index (χ4v) is 4.98. The molecule has 0 radical (unpaired) electrons. The summed E-state index contributed by atoms with van der Waals surface area (Å²) in [6, 6.07) is 2.47. The summed E-state index contributed by atoms with van der Waals surface area (Å²) in [5.74, 6) is 0.423. The Kier molecular flexibility index (Phi) is 8.03. The Morgan fingerprint density at radius 3 is 2.35 bits per heavy atom. The second-order valence-electron chi connectivity index (χ2n) is 9.03. The summed E-state index contributed by atoms with van der Waals surface area (Å²) in [4.78, 5) is 11.2. The Morgan fingerprint density at radius 1 is 1.09 bits per heavy atom. The molecule has 1 aromatic carbocycles. The van der Waals surface area contributed by atoms with Crippen LogP contribution < -0.4 is 9.64 Å². The van der Waals surface area contributed by atoms with Crippen molar-refractivity contribution in [3.05, 3.63) is 46.7 Å². The van der Waals surface area contributed by atoms with Crippen LogP contribution in [0.2, 0.25) is 0 Å². The number of aromatic nitrogens is 4. The van der Waals surface area contributed by atoms with Crippen molar-refractivity contribution >= 4 is 17.3 Å². The van der Waals surface area contributed by atoms with Crippen molar-refractivity contribution in [2.45, 2.75) is 58.8 Å². The van der Waals surface area contributed by atoms with Gasteiger partial charge in [-0.2, -0.15) is 0 Å². The van der Waals surface area contributed by atoms with Gasteiger partial charge in [0.25, 0.3) is 0 Å². The van der Waals surface area contributed by atoms with E-state index in [1.54, 1.807) is 0 Å². The highest BCUT2D eigenvalue weighted by Gasteiger charge is 2.21. The van der Waals surface area contributed by atoms with E-state index in [9.17, 15) is 8.78 Å². The number of anilines is 1. The van der Waals surface area contributed by atoms with Gasteiger partial charge in [0, 0.05) is 43.5 Å². The van der Waals surface area contributed by atoms with E-state index in [1.165, 1.54) is 23.5 Å². The van der Waals surface area contributed by atoms with Crippen molar-refractivity contribution in [1.29, 1.82) is 0 Å². The van der Waals surface area contributed by atoms with Gasteiger partial charge in [-0.1, -0.05) is 32.1 Å². The number of hydrogen-bond donors (Lipinski definition) is 0. The maximum atomic E-state index is 14.6. The molecule has 34 heavy (non-hydrogen) atoms. The minimum Gasteiger partial charge on any atom is -0.493 e. The van der Waals surface area contributed by atoms with E-state index >= 15 is 0 Å². The van der Waals surface area contributed by atoms with Gasteiger partial charge >= 0.3 is 0 Å². The van der Waals surface area contributed by atoms with E-state index in [-0.39, 0.29) is 22.2 Å². The van der Waals surface area contributed by atoms with Crippen molar-refractivity contribution in [2.24, 2.45) is 5.92 Å². The molecule has 0 spiro atoms. The minimum absolute atomic E-state index is 0.142. The molecule has 0 N–H and O–H groups in total. The monoisotopic (exact) mass is 487 g/mol. The summed E-state index contributed by atoms with van der Waals surface area (Å²) < 4.78 is 34.9. The Balaban J connectivity index is 1.23. The number of rotatable bonds is 9. The van der Waals surface area contributed by atoms with Gasteiger partial charge in [-0.05, 0) is 43.6 Å². The predicted octanol–water partition coefficient (Wildman–Crippen LogP) is 6.03. The number of benzene rings is 1. The van der Waals surface area contributed by atoms with Crippen LogP contribution in [-0.2, 0) is 6.42 Å². The van der Waals surface area contributed by atoms with E-state index < -0.39 is 11.6 Å². The Bertz CT molecular complexity index is 1060. The SMILES string of the molecule is CCc1cnc(N2CCC(CCCOc3cc(F)c(-c4nnc(C(C)C)s4)c(F)c3)CC2)nc1. The van der Waals surface area contributed by atoms with Crippen LogP contribution in [0.15, 0.2) is 24.5 Å². The molecule has 0 atom stereocenters. The molecule has 4 rings (SSSR count). The molecule has 0 saturated carbocycles. The Morgan fingerprint density at radius 2 is 1.76 bits per heavy atom. The van der Waals surface area contributed by atoms with Crippen molar-refractivity contribution < 1.29 is 13.5 Å². The second-order valence-corrected chi connectivity index (χ2v) is 10.0. The highest BCUT2D eigenvalue weighted by atomic mass is 32.1. The fraction of sp³-hybridized carbons (Fsp3) is 0.520. The maximum absolute atomic E-state index is 14.6. The van der Waals surface area contributed by atoms with E-state index in [0.717, 1.165) is 61.7 Å². The van der Waals surface area contributed by atoms with Gasteiger partial charge in [-0.3, -0.25) is 0 Å². The third-order valence-electron chi connectivity index (χ3n) is 6.19. The van der Waals surface area contributed by atoms with Crippen LogP contribution in [0.4, 0.5) is 14.7 Å². The number of hydrogen-bond acceptors (Lipinski definition) is 7. The summed E-state index contributed by atoms with van der Waals surface area (Å²) in [6.07, 6.45) is 8.77. The molecule has 3 heterocycles. The van der Waals surface area contributed by atoms with Crippen LogP contribution in [0.1, 0.15) is 62.9 Å². The topological polar surface area (TPSA) is 64.0 Å². The average Bonchev–Trinajstić information content (AvgIpc) is 3.32. The zero-order valence-electron chi connectivity index (χ0n) is 19.9. The van der Waals surface area contributed by atoms with Gasteiger partial charge in [-0.15, -0.1) is 10.2 Å². The van der Waals surface area contributed by atoms with Crippen molar-refractivity contribution in [2.75, 3.05) is 24.6 Å². The lowest BCUT2D eigenvalue weighted by Crippen LogP contribution is -2.35. The van der Waals surface area contributed by atoms with Crippen LogP contribution >= 0.6 is 11.3 Å². The quantitative estimate of drug-likeness (QED) is 0.343. The molecule has 2 aromatic heterocycles. The summed E-state index contributed by atoms with van der Waals surface area (Å²) in [7, 11) is 0. The first-order valence-electron chi connectivity index (χ1n) is 12.0. The zero-order valence-corrected chi connectivity index (χ0v) is 20.7. The second kappa shape index (κ2) is 11.2. The lowest BCUT2D eigenvalue weighted by atomic mass is 9.92. The third kappa shape index (κ3) is 5.87. The van der Waals surface area contributed by atoms with Crippen molar-refractivity contribution in [3.8, 4) is 16.3 Å². The summed E-state index contributed by atoms with van der Waals surface area (Å²) in [5, 5.41) is 8.98. The lowest BCUT2D eigenvalue weighted by molar-refractivity contribution is 0.277. The number of halogens is 2. The van der Waals surface area contributed by atoms with Gasteiger partial charge in [0.2, 0.25) is 5.95 Å². The molecule has 0 bridgehead atoms. The minimum atomic E-state index is -0.678. The molecule has 0 amide bonds. The highest BCUT2D eigenvalue weighted by molar-refractivity contribution is 7.14. The molecule has 3 aromatic rings. The molecule has 1 aliphatic rings. The van der Waals surface area contributed by atoms with Gasteiger partial charge in [-0.25, -0.2) is 18.7 Å². The number of nitrogens with zero attached hydrogens (tertiary/aromatic N) is 5. The van der Waals surface area contributed by atoms with Crippen LogP contribution in [0, 0.1) is 17.6 Å². The lowest BCUT2D eigenvalue weighted by Gasteiger charge is -2.32. The standard InChI is InChI=1S/C25H31F2N5OS/c1-4-17-14-28-25(29-15-17)32-9-7-18(8-10-32)6-5-11-33-19-12-20(26)22(21(27)13-19)24-31-30-23(34-24)16(2)3/h12-16,18H,4-11H2,1-3H3. The highest BCUT2D eigenvalue weighted by Crippen LogP contribution is 2.33. The average molecular weight is 488 g/mol. The number of ether oxygens (including phenoxy) is 1. The first kappa shape index (κ1) is 24.4. The predicted molar refractivity (Wildman–Crippen MR) is 130 cm³/mol. The van der Waals surface area contributed by atoms with Gasteiger partial charge < -0.3 is 9.64 Å². The van der Waals surface area contributed by atoms with Gasteiger partial charge in [0.1, 0.15) is 22.4 Å². The number of aryl methyl sites for hydroxylation is 1. The molecule has 9 heteroatoms. The van der Waals surface area contributed by atoms with Crippen LogP contribution in [0.5, 0.6) is 5.75 Å². The third-order valence-corrected chi connectivity index (χ3v) is 7.43. The van der Waals surface area contributed by atoms with E-state index in [2.05, 4.69) is 32.0 Å². The molecule has 1 fully saturated rings. The fourth-order valence-electron chi connectivity index (χ4n) is 4.08. The van der Waals surface area contributed by atoms with E-state index in [0.29, 0.717) is 12.5 Å². The first-order valence-corrected chi connectivity index (χ1v) is 12.8. The zero-order chi connectivity index (χ0) is 24.1. The van der Waals surface area contributed by atoms with Crippen molar-refractivity contribution in [1.82, 2.24) is 20.2 Å². The molecule has 182 valence electrons. The molecular weight excluding hydrogens is 456 g/mol. The van der Waals surface area contributed by atoms with Crippen LogP contribution in [-0.4, -0.2) is 39.9 Å². The summed E-state index contributed by atoms with van der Waals surface area (Å²) >= 11 is 1.21. The molecule has 1 saturated heterocycles. The van der Waals surface area contributed by atoms with Crippen LogP contribution in [0.3, 0.4) is 0 Å². The Labute approximate surface area is 203 Å². The summed E-state index contributed by atoms with van der Waals surface area (Å²) in [6.45, 7) is 8.35. The molecule has 6 nitrogen and oxygen atoms in total. The Hall–Kier alpha value is -2.68. The summed E-state index contributed by atoms with van der Waals surface area (Å²) in [5.41, 5.74) is 1.00. The van der Waals surface area contributed by atoms with E-state index in [4.69, 9.17) is 4.74 Å². The van der Waals surface area contributed by atoms with Crippen LogP contribution in [0.25, 0.3) is 10.6 Å². The molecular formula is C25H31F2N5OS. The largest absolute Gasteiger partial charge is 0.493 e. The first-order chi connectivity index (χ1) is 16.4. The van der Waals surface area contributed by atoms with E-state index in [1.807, 2.05) is 26.2 Å². The normalized spacial score (nSPS) is 14.7. The van der Waals surface area contributed by atoms with Gasteiger partial charge in [0.15, 0.2) is 5.01 Å².